The summed E-state index contributed by atoms with van der Waals surface area (Å²) in [6.45, 7) is 2.86. The van der Waals surface area contributed by atoms with Crippen molar-refractivity contribution in [3.63, 3.8) is 0 Å². The normalized spacial score (nSPS) is 11.4. The molecule has 0 aliphatic heterocycles. The van der Waals surface area contributed by atoms with Gasteiger partial charge in [0.15, 0.2) is 0 Å². The standard InChI is InChI=1S/C25H21N3O2/c1-16-5-8-23-22(9-16)25(29)28(13-18-4-2-3-17(10-18)12-26)24(27-23)19-6-7-20-14-30-15-21(20)11-19/h2-11,14-15H,12-13,26H2,1H3. The van der Waals surface area contributed by atoms with Gasteiger partial charge in [0.05, 0.1) is 30.0 Å². The largest absolute Gasteiger partial charge is 0.471 e. The number of benzene rings is 3. The second-order valence-electron chi connectivity index (χ2n) is 7.59. The van der Waals surface area contributed by atoms with Crippen molar-refractivity contribution in [1.29, 1.82) is 0 Å². The average Bonchev–Trinajstić information content (AvgIpc) is 3.24. The zero-order valence-electron chi connectivity index (χ0n) is 16.6. The molecule has 0 spiro atoms. The monoisotopic (exact) mass is 395 g/mol. The fourth-order valence-corrected chi connectivity index (χ4v) is 3.84. The molecule has 0 saturated heterocycles. The Hall–Kier alpha value is -3.70. The van der Waals surface area contributed by atoms with Crippen molar-refractivity contribution in [2.75, 3.05) is 0 Å². The van der Waals surface area contributed by atoms with Crippen molar-refractivity contribution in [2.45, 2.75) is 20.0 Å². The lowest BCUT2D eigenvalue weighted by molar-refractivity contribution is 0.572. The van der Waals surface area contributed by atoms with Gasteiger partial charge in [0.1, 0.15) is 5.82 Å². The fraction of sp³-hybridized carbons (Fsp3) is 0.120. The second-order valence-corrected chi connectivity index (χ2v) is 7.59. The summed E-state index contributed by atoms with van der Waals surface area (Å²) < 4.78 is 7.06. The van der Waals surface area contributed by atoms with Crippen LogP contribution >= 0.6 is 0 Å². The minimum atomic E-state index is -0.0517. The molecule has 3 aromatic carbocycles. The number of aromatic nitrogens is 2. The first kappa shape index (κ1) is 18.3. The van der Waals surface area contributed by atoms with E-state index < -0.39 is 0 Å². The zero-order valence-corrected chi connectivity index (χ0v) is 16.6. The van der Waals surface area contributed by atoms with Crippen molar-refractivity contribution >= 4 is 21.7 Å². The van der Waals surface area contributed by atoms with E-state index in [4.69, 9.17) is 15.1 Å². The van der Waals surface area contributed by atoms with Gasteiger partial charge in [-0.15, -0.1) is 0 Å². The molecule has 5 aromatic rings. The third kappa shape index (κ3) is 3.19. The molecule has 148 valence electrons. The Morgan fingerprint density at radius 1 is 0.967 bits per heavy atom. The Kier molecular flexibility index (Phi) is 4.45. The Labute approximate surface area is 173 Å². The zero-order chi connectivity index (χ0) is 20.7. The summed E-state index contributed by atoms with van der Waals surface area (Å²) in [5, 5.41) is 2.61. The van der Waals surface area contributed by atoms with Crippen LogP contribution in [0.5, 0.6) is 0 Å². The van der Waals surface area contributed by atoms with Crippen molar-refractivity contribution in [3.05, 3.63) is 100 Å². The summed E-state index contributed by atoms with van der Waals surface area (Å²) in [4.78, 5) is 18.4. The van der Waals surface area contributed by atoms with E-state index in [9.17, 15) is 4.79 Å². The van der Waals surface area contributed by atoms with Crippen LogP contribution in [-0.2, 0) is 13.1 Å². The Morgan fingerprint density at radius 2 is 1.80 bits per heavy atom. The number of nitrogens with zero attached hydrogens (tertiary/aromatic N) is 2. The highest BCUT2D eigenvalue weighted by atomic mass is 16.3. The van der Waals surface area contributed by atoms with E-state index in [1.54, 1.807) is 17.1 Å². The Balaban J connectivity index is 1.75. The van der Waals surface area contributed by atoms with Gasteiger partial charge >= 0.3 is 0 Å². The number of hydrogen-bond donors (Lipinski definition) is 1. The van der Waals surface area contributed by atoms with Crippen LogP contribution in [0.15, 0.2) is 82.4 Å². The van der Waals surface area contributed by atoms with E-state index in [0.717, 1.165) is 33.0 Å². The summed E-state index contributed by atoms with van der Waals surface area (Å²) in [5.41, 5.74) is 10.4. The molecule has 0 atom stereocenters. The minimum Gasteiger partial charge on any atom is -0.471 e. The number of nitrogens with two attached hydrogens (primary N) is 1. The number of rotatable bonds is 4. The van der Waals surface area contributed by atoms with Gasteiger partial charge in [0.25, 0.3) is 5.56 Å². The number of hydrogen-bond acceptors (Lipinski definition) is 4. The molecule has 0 fully saturated rings. The highest BCUT2D eigenvalue weighted by Crippen LogP contribution is 2.25. The smallest absolute Gasteiger partial charge is 0.261 e. The Morgan fingerprint density at radius 3 is 2.67 bits per heavy atom. The van der Waals surface area contributed by atoms with Crippen LogP contribution in [0, 0.1) is 6.92 Å². The molecule has 5 nitrogen and oxygen atoms in total. The predicted octanol–water partition coefficient (Wildman–Crippen LogP) is 4.63. The first-order valence-corrected chi connectivity index (χ1v) is 9.88. The van der Waals surface area contributed by atoms with Crippen LogP contribution in [0.2, 0.25) is 0 Å². The summed E-state index contributed by atoms with van der Waals surface area (Å²) >= 11 is 0. The fourth-order valence-electron chi connectivity index (χ4n) is 3.84. The molecular formula is C25H21N3O2. The molecule has 2 N–H and O–H groups in total. The molecule has 5 heteroatoms. The van der Waals surface area contributed by atoms with Gasteiger partial charge < -0.3 is 10.2 Å². The van der Waals surface area contributed by atoms with Crippen LogP contribution in [0.4, 0.5) is 0 Å². The third-order valence-corrected chi connectivity index (χ3v) is 5.41. The lowest BCUT2D eigenvalue weighted by Gasteiger charge is -2.15. The molecule has 2 heterocycles. The molecule has 2 aromatic heterocycles. The summed E-state index contributed by atoms with van der Waals surface area (Å²) in [6, 6.07) is 19.8. The average molecular weight is 395 g/mol. The third-order valence-electron chi connectivity index (χ3n) is 5.41. The minimum absolute atomic E-state index is 0.0517. The molecule has 0 aliphatic carbocycles. The molecule has 0 aliphatic rings. The van der Waals surface area contributed by atoms with Crippen LogP contribution in [0.25, 0.3) is 33.1 Å². The van der Waals surface area contributed by atoms with Crippen molar-refractivity contribution in [1.82, 2.24) is 9.55 Å². The molecule has 30 heavy (non-hydrogen) atoms. The summed E-state index contributed by atoms with van der Waals surface area (Å²) in [5.74, 6) is 0.637. The predicted molar refractivity (Wildman–Crippen MR) is 119 cm³/mol. The Bertz CT molecular complexity index is 1450. The quantitative estimate of drug-likeness (QED) is 0.482. The van der Waals surface area contributed by atoms with E-state index in [2.05, 4.69) is 0 Å². The van der Waals surface area contributed by atoms with E-state index in [1.807, 2.05) is 67.6 Å². The molecule has 0 unspecified atom stereocenters. The number of furan rings is 1. The number of fused-ring (bicyclic) bond motifs is 2. The van der Waals surface area contributed by atoms with E-state index in [-0.39, 0.29) is 5.56 Å². The molecule has 0 saturated carbocycles. The van der Waals surface area contributed by atoms with Crippen LogP contribution in [0.3, 0.4) is 0 Å². The summed E-state index contributed by atoms with van der Waals surface area (Å²) in [7, 11) is 0. The summed E-state index contributed by atoms with van der Waals surface area (Å²) in [6.07, 6.45) is 3.41. The highest BCUT2D eigenvalue weighted by Gasteiger charge is 2.14. The van der Waals surface area contributed by atoms with Gasteiger partial charge in [0.2, 0.25) is 0 Å². The maximum Gasteiger partial charge on any atom is 0.261 e. The first-order chi connectivity index (χ1) is 14.6. The van der Waals surface area contributed by atoms with E-state index in [0.29, 0.717) is 29.8 Å². The van der Waals surface area contributed by atoms with Crippen LogP contribution in [0.1, 0.15) is 16.7 Å². The molecule has 0 bridgehead atoms. The maximum absolute atomic E-state index is 13.5. The lowest BCUT2D eigenvalue weighted by atomic mass is 10.1. The van der Waals surface area contributed by atoms with E-state index in [1.165, 1.54) is 0 Å². The van der Waals surface area contributed by atoms with Crippen LogP contribution < -0.4 is 11.3 Å². The molecule has 0 amide bonds. The van der Waals surface area contributed by atoms with Crippen molar-refractivity contribution < 1.29 is 4.42 Å². The van der Waals surface area contributed by atoms with Crippen LogP contribution in [-0.4, -0.2) is 9.55 Å². The number of aryl methyl sites for hydroxylation is 1. The molecule has 0 radical (unpaired) electrons. The van der Waals surface area contributed by atoms with Crippen molar-refractivity contribution in [3.8, 4) is 11.4 Å². The SMILES string of the molecule is Cc1ccc2nc(-c3ccc4cocc4c3)n(Cc3cccc(CN)c3)c(=O)c2c1. The van der Waals surface area contributed by atoms with Gasteiger partial charge in [-0.05, 0) is 36.2 Å². The van der Waals surface area contributed by atoms with Gasteiger partial charge in [-0.1, -0.05) is 48.0 Å². The second kappa shape index (κ2) is 7.28. The van der Waals surface area contributed by atoms with Gasteiger partial charge in [0, 0.05) is 22.9 Å². The van der Waals surface area contributed by atoms with Crippen molar-refractivity contribution in [2.24, 2.45) is 5.73 Å². The molecular weight excluding hydrogens is 374 g/mol. The lowest BCUT2D eigenvalue weighted by Crippen LogP contribution is -2.24. The topological polar surface area (TPSA) is 74.1 Å². The highest BCUT2D eigenvalue weighted by molar-refractivity contribution is 5.86. The first-order valence-electron chi connectivity index (χ1n) is 9.88. The molecule has 5 rings (SSSR count). The van der Waals surface area contributed by atoms with Gasteiger partial charge in [-0.3, -0.25) is 9.36 Å². The van der Waals surface area contributed by atoms with Gasteiger partial charge in [-0.2, -0.15) is 0 Å². The van der Waals surface area contributed by atoms with E-state index >= 15 is 0 Å². The van der Waals surface area contributed by atoms with Gasteiger partial charge in [-0.25, -0.2) is 4.98 Å². The maximum atomic E-state index is 13.5.